The Kier molecular flexibility index (Phi) is 23.1. The third kappa shape index (κ3) is 16.3. The van der Waals surface area contributed by atoms with E-state index < -0.39 is 23.9 Å². The Labute approximate surface area is 313 Å². The Bertz CT molecular complexity index is 1350. The first kappa shape index (κ1) is 44.5. The Morgan fingerprint density at radius 2 is 0.981 bits per heavy atom. The second kappa shape index (κ2) is 27.0. The lowest BCUT2D eigenvalue weighted by Crippen LogP contribution is -2.18. The number of hydrogen-bond donors (Lipinski definition) is 0. The summed E-state index contributed by atoms with van der Waals surface area (Å²) in [6.45, 7) is 11.5. The van der Waals surface area contributed by atoms with Crippen LogP contribution in [0.2, 0.25) is 0 Å². The van der Waals surface area contributed by atoms with E-state index in [1.807, 2.05) is 6.92 Å². The van der Waals surface area contributed by atoms with Crippen molar-refractivity contribution < 1.29 is 38.1 Å². The van der Waals surface area contributed by atoms with Crippen molar-refractivity contribution in [2.24, 2.45) is 5.92 Å². The van der Waals surface area contributed by atoms with Crippen LogP contribution in [0.1, 0.15) is 192 Å². The quantitative estimate of drug-likeness (QED) is 0.0485. The van der Waals surface area contributed by atoms with Crippen LogP contribution in [0.4, 0.5) is 0 Å². The zero-order chi connectivity index (χ0) is 38.0. The van der Waals surface area contributed by atoms with Crippen molar-refractivity contribution >= 4 is 23.9 Å². The van der Waals surface area contributed by atoms with Crippen LogP contribution in [0.3, 0.4) is 0 Å². The predicted octanol–water partition coefficient (Wildman–Crippen LogP) is 11.7. The summed E-state index contributed by atoms with van der Waals surface area (Å²) in [6, 6.07) is 9.72. The van der Waals surface area contributed by atoms with E-state index in [0.29, 0.717) is 17.5 Å². The Hall–Kier alpha value is -3.68. The molecule has 0 saturated carbocycles. The summed E-state index contributed by atoms with van der Waals surface area (Å²) < 4.78 is 22.7. The summed E-state index contributed by atoms with van der Waals surface area (Å²) >= 11 is 0. The lowest BCUT2D eigenvalue weighted by atomic mass is 9.92. The van der Waals surface area contributed by atoms with E-state index in [2.05, 4.69) is 27.7 Å². The number of carbonyl (C=O) groups is 4. The third-order valence-electron chi connectivity index (χ3n) is 9.25. The van der Waals surface area contributed by atoms with E-state index in [-0.39, 0.29) is 54.6 Å². The molecule has 0 aliphatic rings. The largest absolute Gasteiger partial charge is 0.462 e. The minimum absolute atomic E-state index is 0.0509. The smallest absolute Gasteiger partial charge is 0.339 e. The molecule has 0 radical (unpaired) electrons. The highest BCUT2D eigenvalue weighted by molar-refractivity contribution is 6.09. The fourth-order valence-corrected chi connectivity index (χ4v) is 6.01. The van der Waals surface area contributed by atoms with Gasteiger partial charge in [0.2, 0.25) is 0 Å². The van der Waals surface area contributed by atoms with Gasteiger partial charge in [0.05, 0.1) is 48.7 Å². The van der Waals surface area contributed by atoms with Crippen LogP contribution in [0.5, 0.6) is 0 Å². The Balaban J connectivity index is 2.47. The summed E-state index contributed by atoms with van der Waals surface area (Å²) in [5.74, 6) is -2.31. The minimum Gasteiger partial charge on any atom is -0.462 e. The molecule has 8 nitrogen and oxygen atoms in total. The maximum Gasteiger partial charge on any atom is 0.339 e. The second-order valence-corrected chi connectivity index (χ2v) is 14.0. The molecule has 1 atom stereocenters. The monoisotopic (exact) mass is 722 g/mol. The molecule has 0 spiro atoms. The van der Waals surface area contributed by atoms with Crippen molar-refractivity contribution in [2.75, 3.05) is 26.4 Å². The summed E-state index contributed by atoms with van der Waals surface area (Å²) in [4.78, 5) is 54.2. The molecule has 0 fully saturated rings. The molecule has 0 aromatic heterocycles. The van der Waals surface area contributed by atoms with Gasteiger partial charge in [-0.05, 0) is 60.9 Å². The molecule has 0 aliphatic carbocycles. The fraction of sp³-hybridized carbons (Fsp3) is 0.636. The molecule has 2 aromatic rings. The highest BCUT2D eigenvalue weighted by Gasteiger charge is 2.27. The molecule has 52 heavy (non-hydrogen) atoms. The van der Waals surface area contributed by atoms with Gasteiger partial charge in [0.1, 0.15) is 0 Å². The van der Waals surface area contributed by atoms with Crippen molar-refractivity contribution in [2.45, 2.75) is 150 Å². The average molecular weight is 723 g/mol. The third-order valence-corrected chi connectivity index (χ3v) is 9.25. The first-order chi connectivity index (χ1) is 25.3. The van der Waals surface area contributed by atoms with Gasteiger partial charge in [-0.1, -0.05) is 143 Å². The number of rotatable bonds is 28. The van der Waals surface area contributed by atoms with Crippen LogP contribution in [0.15, 0.2) is 36.4 Å². The lowest BCUT2D eigenvalue weighted by Gasteiger charge is -2.17. The number of hydrogen-bond acceptors (Lipinski definition) is 8. The summed E-state index contributed by atoms with van der Waals surface area (Å²) in [7, 11) is 0. The van der Waals surface area contributed by atoms with Gasteiger partial charge in [-0.3, -0.25) is 0 Å². The van der Waals surface area contributed by atoms with Crippen molar-refractivity contribution in [3.05, 3.63) is 58.7 Å². The molecule has 0 amide bonds. The van der Waals surface area contributed by atoms with Gasteiger partial charge < -0.3 is 18.9 Å². The van der Waals surface area contributed by atoms with E-state index in [1.54, 1.807) is 30.3 Å². The normalized spacial score (nSPS) is 11.6. The van der Waals surface area contributed by atoms with E-state index in [4.69, 9.17) is 18.9 Å². The molecule has 0 heterocycles. The SMILES string of the molecule is CCCCCCCOC(=O)c1ccc(-c2cccc(C(=O)OCC(C)CCCC)c2C(=O)OCCCCCCC)cc1C(=O)OCCCCCCC. The molecule has 0 bridgehead atoms. The van der Waals surface area contributed by atoms with Gasteiger partial charge >= 0.3 is 23.9 Å². The molecular weight excluding hydrogens is 656 g/mol. The van der Waals surface area contributed by atoms with E-state index >= 15 is 0 Å². The Morgan fingerprint density at radius 1 is 0.500 bits per heavy atom. The van der Waals surface area contributed by atoms with Crippen LogP contribution in [0, 0.1) is 5.92 Å². The van der Waals surface area contributed by atoms with Crippen LogP contribution in [-0.4, -0.2) is 50.3 Å². The van der Waals surface area contributed by atoms with Gasteiger partial charge in [-0.2, -0.15) is 0 Å². The van der Waals surface area contributed by atoms with Gasteiger partial charge in [0.25, 0.3) is 0 Å². The highest BCUT2D eigenvalue weighted by Crippen LogP contribution is 2.31. The molecule has 0 aliphatic heterocycles. The van der Waals surface area contributed by atoms with Crippen molar-refractivity contribution in [3.63, 3.8) is 0 Å². The first-order valence-corrected chi connectivity index (χ1v) is 20.2. The number of unbranched alkanes of at least 4 members (excludes halogenated alkanes) is 13. The van der Waals surface area contributed by atoms with Gasteiger partial charge in [-0.25, -0.2) is 19.2 Å². The minimum atomic E-state index is -0.639. The van der Waals surface area contributed by atoms with Gasteiger partial charge in [0, 0.05) is 0 Å². The molecule has 1 unspecified atom stereocenters. The van der Waals surface area contributed by atoms with Gasteiger partial charge in [-0.15, -0.1) is 0 Å². The number of benzene rings is 2. The summed E-state index contributed by atoms with van der Waals surface area (Å²) in [5, 5.41) is 0. The molecule has 8 heteroatoms. The number of ether oxygens (including phenoxy) is 4. The van der Waals surface area contributed by atoms with Crippen LogP contribution in [0.25, 0.3) is 11.1 Å². The zero-order valence-corrected chi connectivity index (χ0v) is 32.9. The molecular formula is C44H66O8. The van der Waals surface area contributed by atoms with Crippen LogP contribution >= 0.6 is 0 Å². The standard InChI is InChI=1S/C44H66O8/c1-6-10-14-17-20-29-49-41(45)37-28-27-35(32-39(37)43(47)50-30-21-18-15-11-7-2)36-25-23-26-38(42(46)52-33-34(5)24-13-9-4)40(36)44(48)51-31-22-19-16-12-8-3/h23,25-28,32,34H,6-22,24,29-31,33H2,1-5H3. The maximum absolute atomic E-state index is 13.8. The summed E-state index contributed by atoms with van der Waals surface area (Å²) in [5.41, 5.74) is 1.18. The molecule has 2 rings (SSSR count). The topological polar surface area (TPSA) is 105 Å². The van der Waals surface area contributed by atoms with Gasteiger partial charge in [0.15, 0.2) is 0 Å². The van der Waals surface area contributed by atoms with Crippen molar-refractivity contribution in [3.8, 4) is 11.1 Å². The first-order valence-electron chi connectivity index (χ1n) is 20.2. The highest BCUT2D eigenvalue weighted by atomic mass is 16.5. The molecule has 2 aromatic carbocycles. The lowest BCUT2D eigenvalue weighted by molar-refractivity contribution is 0.0416. The predicted molar refractivity (Wildman–Crippen MR) is 208 cm³/mol. The number of carbonyl (C=O) groups excluding carboxylic acids is 4. The van der Waals surface area contributed by atoms with E-state index in [1.165, 1.54) is 6.07 Å². The average Bonchev–Trinajstić information content (AvgIpc) is 3.16. The second-order valence-electron chi connectivity index (χ2n) is 14.0. The number of esters is 4. The Morgan fingerprint density at radius 3 is 1.52 bits per heavy atom. The summed E-state index contributed by atoms with van der Waals surface area (Å²) in [6.07, 6.45) is 18.0. The molecule has 0 N–H and O–H groups in total. The zero-order valence-electron chi connectivity index (χ0n) is 32.9. The van der Waals surface area contributed by atoms with E-state index in [9.17, 15) is 19.2 Å². The van der Waals surface area contributed by atoms with Crippen molar-refractivity contribution in [1.29, 1.82) is 0 Å². The fourth-order valence-electron chi connectivity index (χ4n) is 6.01. The molecule has 0 saturated heterocycles. The molecule has 290 valence electrons. The van der Waals surface area contributed by atoms with Crippen LogP contribution in [-0.2, 0) is 18.9 Å². The van der Waals surface area contributed by atoms with Crippen molar-refractivity contribution in [1.82, 2.24) is 0 Å². The maximum atomic E-state index is 13.8. The van der Waals surface area contributed by atoms with E-state index in [0.717, 1.165) is 109 Å². The van der Waals surface area contributed by atoms with Crippen LogP contribution < -0.4 is 0 Å².